The summed E-state index contributed by atoms with van der Waals surface area (Å²) in [5.41, 5.74) is 2.26. The van der Waals surface area contributed by atoms with Gasteiger partial charge in [-0.3, -0.25) is 5.10 Å². The van der Waals surface area contributed by atoms with Crippen LogP contribution in [0.5, 0.6) is 0 Å². The van der Waals surface area contributed by atoms with Crippen molar-refractivity contribution in [3.05, 3.63) is 53.3 Å². The Morgan fingerprint density at radius 2 is 2.04 bits per heavy atom. The predicted molar refractivity (Wildman–Crippen MR) is 99.6 cm³/mol. The van der Waals surface area contributed by atoms with Crippen molar-refractivity contribution in [1.82, 2.24) is 20.4 Å². The molecule has 0 saturated carbocycles. The third-order valence-electron chi connectivity index (χ3n) is 5.02. The summed E-state index contributed by atoms with van der Waals surface area (Å²) in [5, 5.41) is 9.48. The fourth-order valence-electron chi connectivity index (χ4n) is 3.61. The van der Waals surface area contributed by atoms with Crippen LogP contribution in [-0.4, -0.2) is 40.4 Å². The summed E-state index contributed by atoms with van der Waals surface area (Å²) in [4.78, 5) is 14.2. The lowest BCUT2D eigenvalue weighted by Gasteiger charge is -2.30. The number of hydrogen-bond donors (Lipinski definition) is 2. The van der Waals surface area contributed by atoms with Crippen LogP contribution in [0.25, 0.3) is 0 Å². The topological polar surface area (TPSA) is 61.0 Å². The standard InChI is InChI=1S/C20H25F3N4O/c1-19(2)9-17-15(10-25-26-17)12-27(13-19)18(28)24-11-16(20(21,22)23)8-14-6-4-3-5-7-14/h3-7,10,16H,8-9,11-13H2,1-2H3,(H,24,28)(H,25,26). The average Bonchev–Trinajstić information content (AvgIpc) is 2.98. The predicted octanol–water partition coefficient (Wildman–Crippen LogP) is 3.92. The molecule has 2 aromatic rings. The number of amides is 2. The van der Waals surface area contributed by atoms with E-state index in [0.29, 0.717) is 18.7 Å². The Hall–Kier alpha value is -2.51. The molecule has 2 heterocycles. The lowest BCUT2D eigenvalue weighted by molar-refractivity contribution is -0.172. The Morgan fingerprint density at radius 3 is 2.71 bits per heavy atom. The van der Waals surface area contributed by atoms with Crippen molar-refractivity contribution < 1.29 is 18.0 Å². The van der Waals surface area contributed by atoms with Crippen LogP contribution in [0.1, 0.15) is 30.7 Å². The number of aromatic nitrogens is 2. The monoisotopic (exact) mass is 394 g/mol. The fourth-order valence-corrected chi connectivity index (χ4v) is 3.61. The lowest BCUT2D eigenvalue weighted by Crippen LogP contribution is -2.46. The van der Waals surface area contributed by atoms with Gasteiger partial charge >= 0.3 is 12.2 Å². The molecule has 28 heavy (non-hydrogen) atoms. The first kappa shape index (κ1) is 20.2. The minimum Gasteiger partial charge on any atom is -0.337 e. The molecule has 0 radical (unpaired) electrons. The fraction of sp³-hybridized carbons (Fsp3) is 0.500. The molecule has 5 nitrogen and oxygen atoms in total. The van der Waals surface area contributed by atoms with Crippen molar-refractivity contribution in [3.63, 3.8) is 0 Å². The molecule has 1 atom stereocenters. The number of hydrogen-bond acceptors (Lipinski definition) is 2. The Labute approximate surface area is 162 Å². The highest BCUT2D eigenvalue weighted by molar-refractivity contribution is 5.74. The molecule has 2 amide bonds. The van der Waals surface area contributed by atoms with Crippen molar-refractivity contribution in [2.75, 3.05) is 13.1 Å². The van der Waals surface area contributed by atoms with E-state index >= 15 is 0 Å². The molecule has 1 aliphatic rings. The van der Waals surface area contributed by atoms with Gasteiger partial charge in [-0.2, -0.15) is 18.3 Å². The highest BCUT2D eigenvalue weighted by Gasteiger charge is 2.40. The third-order valence-corrected chi connectivity index (χ3v) is 5.02. The maximum Gasteiger partial charge on any atom is 0.393 e. The summed E-state index contributed by atoms with van der Waals surface area (Å²) in [6, 6.07) is 8.03. The molecule has 0 fully saturated rings. The van der Waals surface area contributed by atoms with Crippen LogP contribution >= 0.6 is 0 Å². The Balaban J connectivity index is 1.67. The molecule has 1 aromatic heterocycles. The number of aromatic amines is 1. The second-order valence-corrected chi connectivity index (χ2v) is 8.19. The first-order chi connectivity index (χ1) is 13.1. The van der Waals surface area contributed by atoms with Crippen molar-refractivity contribution in [2.24, 2.45) is 11.3 Å². The average molecular weight is 394 g/mol. The first-order valence-electron chi connectivity index (χ1n) is 9.28. The van der Waals surface area contributed by atoms with Crippen LogP contribution in [0.15, 0.2) is 36.5 Å². The molecule has 0 spiro atoms. The minimum absolute atomic E-state index is 0.165. The molecule has 1 aromatic carbocycles. The molecule has 152 valence electrons. The van der Waals surface area contributed by atoms with Crippen LogP contribution in [0.3, 0.4) is 0 Å². The van der Waals surface area contributed by atoms with E-state index in [1.807, 2.05) is 13.8 Å². The SMILES string of the molecule is CC1(C)Cc2[nH]ncc2CN(C(=O)NCC(Cc2ccccc2)C(F)(F)F)C1. The molecule has 2 N–H and O–H groups in total. The largest absolute Gasteiger partial charge is 0.393 e. The quantitative estimate of drug-likeness (QED) is 0.826. The number of carbonyl (C=O) groups excluding carboxylic acids is 1. The van der Waals surface area contributed by atoms with E-state index in [1.54, 1.807) is 41.4 Å². The lowest BCUT2D eigenvalue weighted by atomic mass is 9.88. The van der Waals surface area contributed by atoms with Gasteiger partial charge < -0.3 is 10.2 Å². The van der Waals surface area contributed by atoms with E-state index in [9.17, 15) is 18.0 Å². The highest BCUT2D eigenvalue weighted by Crippen LogP contribution is 2.30. The first-order valence-corrected chi connectivity index (χ1v) is 9.28. The van der Waals surface area contributed by atoms with Crippen LogP contribution < -0.4 is 5.32 Å². The van der Waals surface area contributed by atoms with Crippen LogP contribution in [0.4, 0.5) is 18.0 Å². The molecule has 8 heteroatoms. The van der Waals surface area contributed by atoms with E-state index < -0.39 is 24.7 Å². The molecular formula is C20H25F3N4O. The molecule has 0 saturated heterocycles. The van der Waals surface area contributed by atoms with Gasteiger partial charge in [-0.25, -0.2) is 4.79 Å². The van der Waals surface area contributed by atoms with Gasteiger partial charge in [-0.15, -0.1) is 0 Å². The molecular weight excluding hydrogens is 369 g/mol. The Morgan fingerprint density at radius 1 is 1.32 bits per heavy atom. The number of alkyl halides is 3. The van der Waals surface area contributed by atoms with E-state index in [-0.39, 0.29) is 11.8 Å². The summed E-state index contributed by atoms with van der Waals surface area (Å²) in [6.45, 7) is 4.38. The number of carbonyl (C=O) groups is 1. The number of nitrogens with one attached hydrogen (secondary N) is 2. The van der Waals surface area contributed by atoms with Gasteiger partial charge in [-0.1, -0.05) is 44.2 Å². The van der Waals surface area contributed by atoms with Gasteiger partial charge in [-0.05, 0) is 23.8 Å². The van der Waals surface area contributed by atoms with Crippen LogP contribution in [0.2, 0.25) is 0 Å². The summed E-state index contributed by atoms with van der Waals surface area (Å²) in [7, 11) is 0. The molecule has 1 unspecified atom stereocenters. The van der Waals surface area contributed by atoms with Gasteiger partial charge in [0.1, 0.15) is 0 Å². The van der Waals surface area contributed by atoms with Crippen molar-refractivity contribution >= 4 is 6.03 Å². The number of benzene rings is 1. The number of fused-ring (bicyclic) bond motifs is 1. The zero-order valence-electron chi connectivity index (χ0n) is 16.0. The van der Waals surface area contributed by atoms with Crippen molar-refractivity contribution in [2.45, 2.75) is 39.4 Å². The van der Waals surface area contributed by atoms with Gasteiger partial charge in [0.2, 0.25) is 0 Å². The summed E-state index contributed by atoms with van der Waals surface area (Å²) >= 11 is 0. The van der Waals surface area contributed by atoms with Crippen LogP contribution in [-0.2, 0) is 19.4 Å². The van der Waals surface area contributed by atoms with Gasteiger partial charge in [0.15, 0.2) is 0 Å². The van der Waals surface area contributed by atoms with E-state index in [2.05, 4.69) is 15.5 Å². The number of urea groups is 1. The Kier molecular flexibility index (Phi) is 5.67. The maximum atomic E-state index is 13.5. The molecule has 3 rings (SSSR count). The number of halogens is 3. The van der Waals surface area contributed by atoms with Crippen molar-refractivity contribution in [1.29, 1.82) is 0 Å². The second-order valence-electron chi connectivity index (χ2n) is 8.19. The van der Waals surface area contributed by atoms with E-state index in [0.717, 1.165) is 17.7 Å². The van der Waals surface area contributed by atoms with Gasteiger partial charge in [0.25, 0.3) is 0 Å². The number of rotatable bonds is 4. The zero-order chi connectivity index (χ0) is 20.4. The second kappa shape index (κ2) is 7.85. The van der Waals surface area contributed by atoms with Gasteiger partial charge in [0, 0.05) is 24.3 Å². The third kappa shape index (κ3) is 5.05. The molecule has 1 aliphatic heterocycles. The summed E-state index contributed by atoms with van der Waals surface area (Å²) < 4.78 is 40.4. The van der Waals surface area contributed by atoms with Crippen LogP contribution in [0, 0.1) is 11.3 Å². The minimum atomic E-state index is -4.39. The smallest absolute Gasteiger partial charge is 0.337 e. The zero-order valence-corrected chi connectivity index (χ0v) is 16.0. The maximum absolute atomic E-state index is 13.5. The Bertz CT molecular complexity index is 801. The van der Waals surface area contributed by atoms with Crippen molar-refractivity contribution in [3.8, 4) is 0 Å². The van der Waals surface area contributed by atoms with E-state index in [1.165, 1.54) is 0 Å². The summed E-state index contributed by atoms with van der Waals surface area (Å²) in [6.07, 6.45) is -2.16. The molecule has 0 bridgehead atoms. The molecule has 0 aliphatic carbocycles. The summed E-state index contributed by atoms with van der Waals surface area (Å²) in [5.74, 6) is -1.64. The normalized spacial score (nSPS) is 17.5. The highest BCUT2D eigenvalue weighted by atomic mass is 19.4. The number of nitrogens with zero attached hydrogens (tertiary/aromatic N) is 2. The van der Waals surface area contributed by atoms with E-state index in [4.69, 9.17) is 0 Å². The number of H-pyrrole nitrogens is 1. The van der Waals surface area contributed by atoms with Gasteiger partial charge in [0.05, 0.1) is 18.7 Å².